The molecule has 0 aliphatic carbocycles. The van der Waals surface area contributed by atoms with Crippen molar-refractivity contribution in [2.24, 2.45) is 0 Å². The first-order valence-corrected chi connectivity index (χ1v) is 11.1. The second kappa shape index (κ2) is 10.6. The smallest absolute Gasteiger partial charge is 0.269 e. The summed E-state index contributed by atoms with van der Waals surface area (Å²) in [6, 6.07) is 13.7. The summed E-state index contributed by atoms with van der Waals surface area (Å²) in [5.41, 5.74) is 1.58. The molecule has 1 aromatic heterocycles. The molecule has 4 rings (SSSR count). The summed E-state index contributed by atoms with van der Waals surface area (Å²) in [6.07, 6.45) is 0.750. The van der Waals surface area contributed by atoms with Crippen LogP contribution in [0, 0.1) is 0 Å². The molecular weight excluding hydrogens is 460 g/mol. The van der Waals surface area contributed by atoms with Crippen molar-refractivity contribution in [2.45, 2.75) is 19.0 Å². The van der Waals surface area contributed by atoms with Crippen molar-refractivity contribution in [3.63, 3.8) is 0 Å². The van der Waals surface area contributed by atoms with Gasteiger partial charge in [-0.3, -0.25) is 14.3 Å². The van der Waals surface area contributed by atoms with Gasteiger partial charge in [0.1, 0.15) is 17.2 Å². The van der Waals surface area contributed by atoms with Crippen LogP contribution in [-0.2, 0) is 11.3 Å². The summed E-state index contributed by atoms with van der Waals surface area (Å²) in [4.78, 5) is 25.8. The molecule has 1 atom stereocenters. The number of hydrogen-bond donors (Lipinski definition) is 2. The molecule has 1 unspecified atom stereocenters. The van der Waals surface area contributed by atoms with Crippen LogP contribution in [0.25, 0.3) is 0 Å². The Morgan fingerprint density at radius 2 is 1.91 bits per heavy atom. The molecule has 0 spiro atoms. The third-order valence-corrected chi connectivity index (χ3v) is 5.72. The normalized spacial score (nSPS) is 15.1. The number of benzene rings is 2. The second-order valence-electron chi connectivity index (χ2n) is 7.76. The van der Waals surface area contributed by atoms with Crippen LogP contribution >= 0.6 is 11.6 Å². The fourth-order valence-corrected chi connectivity index (χ4v) is 3.85. The van der Waals surface area contributed by atoms with Crippen LogP contribution in [0.3, 0.4) is 0 Å². The Morgan fingerprint density at radius 3 is 2.56 bits per heavy atom. The van der Waals surface area contributed by atoms with Crippen LogP contribution in [0.2, 0.25) is 5.02 Å². The largest absolute Gasteiger partial charge is 0.497 e. The number of anilines is 1. The maximum atomic E-state index is 13.0. The molecule has 3 aromatic rings. The number of halogens is 1. The van der Waals surface area contributed by atoms with E-state index in [1.165, 1.54) is 13.2 Å². The highest BCUT2D eigenvalue weighted by Crippen LogP contribution is 2.25. The molecule has 0 saturated carbocycles. The first-order chi connectivity index (χ1) is 16.5. The number of ether oxygens (including phenoxy) is 3. The molecule has 2 N–H and O–H groups in total. The number of hydrogen-bond acceptors (Lipinski definition) is 6. The van der Waals surface area contributed by atoms with E-state index >= 15 is 0 Å². The third kappa shape index (κ3) is 5.49. The van der Waals surface area contributed by atoms with Gasteiger partial charge in [-0.15, -0.1) is 0 Å². The van der Waals surface area contributed by atoms with Gasteiger partial charge in [0.05, 0.1) is 38.4 Å². The quantitative estimate of drug-likeness (QED) is 0.508. The minimum Gasteiger partial charge on any atom is -0.497 e. The monoisotopic (exact) mass is 484 g/mol. The van der Waals surface area contributed by atoms with Crippen molar-refractivity contribution in [1.29, 1.82) is 0 Å². The minimum atomic E-state index is -0.408. The van der Waals surface area contributed by atoms with Gasteiger partial charge in [-0.05, 0) is 42.3 Å². The molecule has 1 aliphatic rings. The molecule has 1 aliphatic heterocycles. The number of rotatable bonds is 8. The van der Waals surface area contributed by atoms with Crippen LogP contribution in [0.15, 0.2) is 48.5 Å². The van der Waals surface area contributed by atoms with Crippen LogP contribution in [0.4, 0.5) is 5.82 Å². The lowest BCUT2D eigenvalue weighted by Crippen LogP contribution is -2.36. The zero-order chi connectivity index (χ0) is 24.1. The number of carbonyl (C=O) groups excluding carboxylic acids is 2. The zero-order valence-corrected chi connectivity index (χ0v) is 19.6. The van der Waals surface area contributed by atoms with E-state index in [0.29, 0.717) is 41.8 Å². The van der Waals surface area contributed by atoms with Crippen molar-refractivity contribution in [3.05, 3.63) is 70.4 Å². The third-order valence-electron chi connectivity index (χ3n) is 5.42. The molecule has 2 heterocycles. The molecule has 178 valence electrons. The Bertz CT molecular complexity index is 1170. The van der Waals surface area contributed by atoms with Gasteiger partial charge >= 0.3 is 0 Å². The van der Waals surface area contributed by atoms with E-state index in [1.54, 1.807) is 30.0 Å². The average Bonchev–Trinajstić information content (AvgIpc) is 3.49. The van der Waals surface area contributed by atoms with Gasteiger partial charge in [-0.1, -0.05) is 23.7 Å². The first kappa shape index (κ1) is 23.6. The molecule has 2 aromatic carbocycles. The van der Waals surface area contributed by atoms with E-state index in [9.17, 15) is 9.59 Å². The molecule has 1 fully saturated rings. The van der Waals surface area contributed by atoms with E-state index in [0.717, 1.165) is 17.7 Å². The molecule has 0 bridgehead atoms. The zero-order valence-electron chi connectivity index (χ0n) is 18.8. The van der Waals surface area contributed by atoms with Gasteiger partial charge in [0.25, 0.3) is 11.8 Å². The predicted molar refractivity (Wildman–Crippen MR) is 127 cm³/mol. The Balaban J connectivity index is 1.57. The summed E-state index contributed by atoms with van der Waals surface area (Å²) < 4.78 is 17.2. The number of methoxy groups -OCH3 is 2. The van der Waals surface area contributed by atoms with Crippen molar-refractivity contribution >= 4 is 29.2 Å². The maximum Gasteiger partial charge on any atom is 0.269 e. The number of carbonyl (C=O) groups is 2. The lowest BCUT2D eigenvalue weighted by Gasteiger charge is -2.12. The van der Waals surface area contributed by atoms with Crippen LogP contribution < -0.4 is 20.1 Å². The van der Waals surface area contributed by atoms with Gasteiger partial charge in [0.15, 0.2) is 5.82 Å². The Kier molecular flexibility index (Phi) is 7.34. The summed E-state index contributed by atoms with van der Waals surface area (Å²) in [5.74, 6) is 0.754. The highest BCUT2D eigenvalue weighted by Gasteiger charge is 2.23. The van der Waals surface area contributed by atoms with Gasteiger partial charge in [-0.25, -0.2) is 0 Å². The summed E-state index contributed by atoms with van der Waals surface area (Å²) in [7, 11) is 3.10. The Hall–Kier alpha value is -3.56. The van der Waals surface area contributed by atoms with Gasteiger partial charge in [0.2, 0.25) is 0 Å². The summed E-state index contributed by atoms with van der Waals surface area (Å²) in [6.45, 7) is 1.42. The van der Waals surface area contributed by atoms with Crippen molar-refractivity contribution in [2.75, 3.05) is 32.8 Å². The highest BCUT2D eigenvalue weighted by atomic mass is 35.5. The van der Waals surface area contributed by atoms with E-state index in [1.807, 2.05) is 24.3 Å². The fourth-order valence-electron chi connectivity index (χ4n) is 3.59. The SMILES string of the molecule is COc1ccc(Cn2nc(NC(=O)c3ccc(OC)c(Cl)c3)cc2C(=O)NC2CCOC2)cc1. The molecular formula is C24H25ClN4O5. The van der Waals surface area contributed by atoms with Crippen molar-refractivity contribution in [3.8, 4) is 11.5 Å². The lowest BCUT2D eigenvalue weighted by molar-refractivity contribution is 0.0919. The molecule has 34 heavy (non-hydrogen) atoms. The number of nitrogens with zero attached hydrogens (tertiary/aromatic N) is 2. The van der Waals surface area contributed by atoms with Gasteiger partial charge in [-0.2, -0.15) is 5.10 Å². The van der Waals surface area contributed by atoms with E-state index < -0.39 is 5.91 Å². The van der Waals surface area contributed by atoms with Gasteiger partial charge < -0.3 is 24.8 Å². The van der Waals surface area contributed by atoms with E-state index in [-0.39, 0.29) is 17.8 Å². The maximum absolute atomic E-state index is 13.0. The molecule has 1 saturated heterocycles. The highest BCUT2D eigenvalue weighted by molar-refractivity contribution is 6.32. The molecule has 9 nitrogen and oxygen atoms in total. The number of amides is 2. The molecule has 10 heteroatoms. The van der Waals surface area contributed by atoms with Crippen LogP contribution in [0.1, 0.15) is 32.8 Å². The first-order valence-electron chi connectivity index (χ1n) is 10.7. The van der Waals surface area contributed by atoms with Crippen molar-refractivity contribution < 1.29 is 23.8 Å². The Morgan fingerprint density at radius 1 is 1.12 bits per heavy atom. The summed E-state index contributed by atoms with van der Waals surface area (Å²) >= 11 is 6.14. The number of nitrogens with one attached hydrogen (secondary N) is 2. The number of aromatic nitrogens is 2. The van der Waals surface area contributed by atoms with Crippen LogP contribution in [-0.4, -0.2) is 55.1 Å². The molecule has 0 radical (unpaired) electrons. The van der Waals surface area contributed by atoms with Crippen molar-refractivity contribution in [1.82, 2.24) is 15.1 Å². The van der Waals surface area contributed by atoms with E-state index in [4.69, 9.17) is 25.8 Å². The molecule has 2 amide bonds. The standard InChI is InChI=1S/C24H25ClN4O5/c1-32-18-6-3-15(4-7-18)13-29-20(24(31)26-17-9-10-34-14-17)12-22(28-29)27-23(30)16-5-8-21(33-2)19(25)11-16/h3-8,11-12,17H,9-10,13-14H2,1-2H3,(H,26,31)(H,27,28,30). The van der Waals surface area contributed by atoms with Crippen LogP contribution in [0.5, 0.6) is 11.5 Å². The topological polar surface area (TPSA) is 104 Å². The second-order valence-corrected chi connectivity index (χ2v) is 8.17. The predicted octanol–water partition coefficient (Wildman–Crippen LogP) is 3.37. The van der Waals surface area contributed by atoms with Gasteiger partial charge in [0, 0.05) is 18.2 Å². The summed E-state index contributed by atoms with van der Waals surface area (Å²) in [5, 5.41) is 10.5. The fraction of sp³-hybridized carbons (Fsp3) is 0.292. The minimum absolute atomic E-state index is 0.0590. The Labute approximate surface area is 201 Å². The average molecular weight is 485 g/mol. The van der Waals surface area contributed by atoms with E-state index in [2.05, 4.69) is 15.7 Å². The lowest BCUT2D eigenvalue weighted by atomic mass is 10.2.